The molecule has 0 saturated heterocycles. The van der Waals surface area contributed by atoms with Crippen LogP contribution in [0.3, 0.4) is 0 Å². The highest BCUT2D eigenvalue weighted by atomic mass is 16.5. The first-order valence-electron chi connectivity index (χ1n) is 6.78. The van der Waals surface area contributed by atoms with Gasteiger partial charge in [0, 0.05) is 6.42 Å². The minimum absolute atomic E-state index is 0.170. The van der Waals surface area contributed by atoms with Gasteiger partial charge in [0.1, 0.15) is 0 Å². The van der Waals surface area contributed by atoms with Crippen molar-refractivity contribution in [2.24, 2.45) is 5.92 Å². The fourth-order valence-corrected chi connectivity index (χ4v) is 2.14. The van der Waals surface area contributed by atoms with Gasteiger partial charge in [-0.15, -0.1) is 0 Å². The fourth-order valence-electron chi connectivity index (χ4n) is 2.14. The molecule has 1 aromatic heterocycles. The van der Waals surface area contributed by atoms with E-state index in [-0.39, 0.29) is 5.92 Å². The van der Waals surface area contributed by atoms with Crippen LogP contribution in [-0.2, 0) is 11.2 Å². The Balaban J connectivity index is 2.17. The number of carbonyl (C=O) groups is 1. The molecular weight excluding hydrogens is 230 g/mol. The number of hydrogen-bond donors (Lipinski definition) is 0. The maximum atomic E-state index is 11.8. The van der Waals surface area contributed by atoms with Crippen molar-refractivity contribution in [2.45, 2.75) is 52.4 Å². The van der Waals surface area contributed by atoms with E-state index in [4.69, 9.17) is 9.15 Å². The first kappa shape index (κ1) is 13.1. The van der Waals surface area contributed by atoms with Crippen LogP contribution < -0.4 is 0 Å². The van der Waals surface area contributed by atoms with Gasteiger partial charge in [0.25, 0.3) is 0 Å². The van der Waals surface area contributed by atoms with Crippen molar-refractivity contribution >= 4 is 5.97 Å². The Morgan fingerprint density at radius 3 is 2.72 bits per heavy atom. The van der Waals surface area contributed by atoms with Gasteiger partial charge >= 0.3 is 5.97 Å². The molecule has 0 spiro atoms. The molecule has 0 unspecified atom stereocenters. The molecule has 0 N–H and O–H groups in total. The third-order valence-electron chi connectivity index (χ3n) is 3.39. The molecule has 1 saturated carbocycles. The number of carbonyl (C=O) groups excluding carboxylic acids is 1. The number of nitrogens with zero attached hydrogens (tertiary/aromatic N) is 1. The highest BCUT2D eigenvalue weighted by Gasteiger charge is 2.26. The third-order valence-corrected chi connectivity index (χ3v) is 3.39. The predicted molar refractivity (Wildman–Crippen MR) is 67.6 cm³/mol. The number of rotatable bonds is 5. The minimum Gasteiger partial charge on any atom is -0.460 e. The summed E-state index contributed by atoms with van der Waals surface area (Å²) < 4.78 is 10.6. The molecule has 1 heterocycles. The lowest BCUT2D eigenvalue weighted by molar-refractivity contribution is 0.0485. The second-order valence-corrected chi connectivity index (χ2v) is 5.20. The lowest BCUT2D eigenvalue weighted by Crippen LogP contribution is -2.13. The summed E-state index contributed by atoms with van der Waals surface area (Å²) in [4.78, 5) is 16.3. The van der Waals surface area contributed by atoms with E-state index >= 15 is 0 Å². The number of ether oxygens (including phenoxy) is 1. The van der Waals surface area contributed by atoms with E-state index in [0.29, 0.717) is 24.2 Å². The highest BCUT2D eigenvalue weighted by Crippen LogP contribution is 2.31. The average molecular weight is 251 g/mol. The zero-order valence-corrected chi connectivity index (χ0v) is 11.4. The van der Waals surface area contributed by atoms with Crippen LogP contribution in [0, 0.1) is 5.92 Å². The molecule has 1 fully saturated rings. The van der Waals surface area contributed by atoms with Gasteiger partial charge in [-0.3, -0.25) is 0 Å². The Hall–Kier alpha value is -1.32. The molecule has 1 aliphatic carbocycles. The molecule has 18 heavy (non-hydrogen) atoms. The van der Waals surface area contributed by atoms with Crippen LogP contribution >= 0.6 is 0 Å². The van der Waals surface area contributed by atoms with Gasteiger partial charge in [0.2, 0.25) is 5.76 Å². The zero-order valence-electron chi connectivity index (χ0n) is 11.4. The van der Waals surface area contributed by atoms with Crippen LogP contribution in [0.5, 0.6) is 0 Å². The highest BCUT2D eigenvalue weighted by molar-refractivity contribution is 5.87. The van der Waals surface area contributed by atoms with E-state index in [0.717, 1.165) is 12.1 Å². The van der Waals surface area contributed by atoms with Gasteiger partial charge in [-0.2, -0.15) is 0 Å². The first-order chi connectivity index (χ1) is 8.61. The lowest BCUT2D eigenvalue weighted by Gasteiger charge is -2.23. The first-order valence-corrected chi connectivity index (χ1v) is 6.78. The van der Waals surface area contributed by atoms with Crippen LogP contribution in [0.25, 0.3) is 0 Å². The zero-order chi connectivity index (χ0) is 13.1. The molecule has 4 heteroatoms. The van der Waals surface area contributed by atoms with Crippen LogP contribution in [0.1, 0.15) is 68.1 Å². The summed E-state index contributed by atoms with van der Waals surface area (Å²) in [6.07, 6.45) is 4.63. The molecule has 0 radical (unpaired) electrons. The van der Waals surface area contributed by atoms with Gasteiger partial charge in [-0.1, -0.05) is 20.3 Å². The third kappa shape index (κ3) is 2.74. The topological polar surface area (TPSA) is 52.3 Å². The summed E-state index contributed by atoms with van der Waals surface area (Å²) >= 11 is 0. The standard InChI is InChI=1S/C14H21NO3/c1-4-17-14(16)13-12(9(2)3)15-11(18-13)8-10-6-5-7-10/h9-10H,4-8H2,1-3H3. The lowest BCUT2D eigenvalue weighted by atomic mass is 9.83. The molecule has 1 aliphatic rings. The second kappa shape index (κ2) is 5.55. The summed E-state index contributed by atoms with van der Waals surface area (Å²) in [5.74, 6) is 1.43. The molecular formula is C14H21NO3. The molecule has 4 nitrogen and oxygen atoms in total. The van der Waals surface area contributed by atoms with Crippen molar-refractivity contribution in [2.75, 3.05) is 6.61 Å². The monoisotopic (exact) mass is 251 g/mol. The summed E-state index contributed by atoms with van der Waals surface area (Å²) in [5.41, 5.74) is 0.725. The van der Waals surface area contributed by atoms with E-state index < -0.39 is 5.97 Å². The predicted octanol–water partition coefficient (Wildman–Crippen LogP) is 3.32. The van der Waals surface area contributed by atoms with Crippen LogP contribution in [0.15, 0.2) is 4.42 Å². The van der Waals surface area contributed by atoms with Gasteiger partial charge in [0.15, 0.2) is 5.89 Å². The van der Waals surface area contributed by atoms with Gasteiger partial charge < -0.3 is 9.15 Å². The number of oxazole rings is 1. The molecule has 0 bridgehead atoms. The SMILES string of the molecule is CCOC(=O)c1oc(CC2CCC2)nc1C(C)C. The summed E-state index contributed by atoms with van der Waals surface area (Å²) in [7, 11) is 0. The number of hydrogen-bond acceptors (Lipinski definition) is 4. The van der Waals surface area contributed by atoms with E-state index in [1.165, 1.54) is 19.3 Å². The van der Waals surface area contributed by atoms with Crippen molar-refractivity contribution in [3.05, 3.63) is 17.3 Å². The van der Waals surface area contributed by atoms with E-state index in [1.807, 2.05) is 13.8 Å². The van der Waals surface area contributed by atoms with Crippen LogP contribution in [0.4, 0.5) is 0 Å². The van der Waals surface area contributed by atoms with Crippen molar-refractivity contribution in [3.8, 4) is 0 Å². The molecule has 0 aliphatic heterocycles. The van der Waals surface area contributed by atoms with Gasteiger partial charge in [0.05, 0.1) is 12.3 Å². The maximum Gasteiger partial charge on any atom is 0.376 e. The minimum atomic E-state index is -0.395. The van der Waals surface area contributed by atoms with E-state index in [1.54, 1.807) is 6.92 Å². The molecule has 1 aromatic rings. The Kier molecular flexibility index (Phi) is 4.04. The molecule has 0 atom stereocenters. The molecule has 100 valence electrons. The Labute approximate surface area is 108 Å². The van der Waals surface area contributed by atoms with Crippen LogP contribution in [-0.4, -0.2) is 17.6 Å². The second-order valence-electron chi connectivity index (χ2n) is 5.20. The molecule has 0 aromatic carbocycles. The molecule has 2 rings (SSSR count). The van der Waals surface area contributed by atoms with Crippen molar-refractivity contribution in [3.63, 3.8) is 0 Å². The fraction of sp³-hybridized carbons (Fsp3) is 0.714. The van der Waals surface area contributed by atoms with Gasteiger partial charge in [-0.05, 0) is 31.6 Å². The average Bonchev–Trinajstić information content (AvgIpc) is 2.68. The number of esters is 1. The largest absolute Gasteiger partial charge is 0.460 e. The van der Waals surface area contributed by atoms with Crippen molar-refractivity contribution in [1.82, 2.24) is 4.98 Å². The van der Waals surface area contributed by atoms with Gasteiger partial charge in [-0.25, -0.2) is 9.78 Å². The Morgan fingerprint density at radius 1 is 1.50 bits per heavy atom. The number of aromatic nitrogens is 1. The summed E-state index contributed by atoms with van der Waals surface area (Å²) in [5, 5.41) is 0. The summed E-state index contributed by atoms with van der Waals surface area (Å²) in [6, 6.07) is 0. The Morgan fingerprint density at radius 2 is 2.22 bits per heavy atom. The van der Waals surface area contributed by atoms with Crippen molar-refractivity contribution in [1.29, 1.82) is 0 Å². The quantitative estimate of drug-likeness (QED) is 0.753. The molecule has 0 amide bonds. The maximum absolute atomic E-state index is 11.8. The van der Waals surface area contributed by atoms with Crippen LogP contribution in [0.2, 0.25) is 0 Å². The summed E-state index contributed by atoms with van der Waals surface area (Å²) in [6.45, 7) is 6.16. The normalized spacial score (nSPS) is 15.8. The van der Waals surface area contributed by atoms with Crippen molar-refractivity contribution < 1.29 is 13.9 Å². The smallest absolute Gasteiger partial charge is 0.376 e. The Bertz CT molecular complexity index is 419. The van der Waals surface area contributed by atoms with E-state index in [9.17, 15) is 4.79 Å². The van der Waals surface area contributed by atoms with E-state index in [2.05, 4.69) is 4.98 Å².